The smallest absolute Gasteiger partial charge is 0.268 e. The summed E-state index contributed by atoms with van der Waals surface area (Å²) < 4.78 is 19.7. The Bertz CT molecular complexity index is 955. The molecule has 3 rings (SSSR count). The zero-order valence-electron chi connectivity index (χ0n) is 12.6. The summed E-state index contributed by atoms with van der Waals surface area (Å²) in [6.07, 6.45) is 1.38. The Morgan fingerprint density at radius 1 is 1.25 bits per heavy atom. The van der Waals surface area contributed by atoms with Gasteiger partial charge in [-0.15, -0.1) is 0 Å². The summed E-state index contributed by atoms with van der Waals surface area (Å²) in [4.78, 5) is 4.23. The summed E-state index contributed by atoms with van der Waals surface area (Å²) in [5, 5.41) is 13.2. The van der Waals surface area contributed by atoms with Gasteiger partial charge in [0.2, 0.25) is 5.82 Å². The second kappa shape index (κ2) is 6.77. The Morgan fingerprint density at radius 3 is 2.71 bits per heavy atom. The fraction of sp³-hybridized carbons (Fsp3) is 0.0556. The summed E-state index contributed by atoms with van der Waals surface area (Å²) >= 11 is 3.27. The molecule has 0 saturated heterocycles. The van der Waals surface area contributed by atoms with Gasteiger partial charge in [-0.3, -0.25) is 0 Å². The molecule has 2 aromatic carbocycles. The van der Waals surface area contributed by atoms with Crippen molar-refractivity contribution in [2.75, 3.05) is 0 Å². The van der Waals surface area contributed by atoms with Gasteiger partial charge < -0.3 is 4.52 Å². The van der Waals surface area contributed by atoms with Crippen molar-refractivity contribution in [3.63, 3.8) is 0 Å². The summed E-state index contributed by atoms with van der Waals surface area (Å²) in [6, 6.07) is 14.0. The third-order valence-electron chi connectivity index (χ3n) is 3.34. The molecular formula is C18H11BrFN3O. The SMILES string of the molecule is Cc1ccc(-c2noc(/C(C#N)=C/c3cc(Br)ccc3F)n2)cc1. The molecule has 3 aromatic rings. The quantitative estimate of drug-likeness (QED) is 0.596. The number of allylic oxidation sites excluding steroid dienone is 1. The minimum atomic E-state index is -0.441. The van der Waals surface area contributed by atoms with E-state index < -0.39 is 5.82 Å². The highest BCUT2D eigenvalue weighted by Crippen LogP contribution is 2.23. The van der Waals surface area contributed by atoms with Crippen molar-refractivity contribution in [3.8, 4) is 17.5 Å². The number of benzene rings is 2. The molecule has 4 nitrogen and oxygen atoms in total. The van der Waals surface area contributed by atoms with E-state index in [1.165, 1.54) is 12.1 Å². The van der Waals surface area contributed by atoms with E-state index in [0.29, 0.717) is 10.3 Å². The molecule has 24 heavy (non-hydrogen) atoms. The summed E-state index contributed by atoms with van der Waals surface area (Å²) in [5.41, 5.74) is 2.25. The first-order chi connectivity index (χ1) is 11.6. The number of hydrogen-bond donors (Lipinski definition) is 0. The fourth-order valence-electron chi connectivity index (χ4n) is 2.08. The topological polar surface area (TPSA) is 62.7 Å². The number of nitriles is 1. The Labute approximate surface area is 146 Å². The molecule has 0 bridgehead atoms. The molecule has 0 aliphatic carbocycles. The molecule has 0 radical (unpaired) electrons. The second-order valence-electron chi connectivity index (χ2n) is 5.12. The van der Waals surface area contributed by atoms with Gasteiger partial charge in [0.15, 0.2) is 0 Å². The second-order valence-corrected chi connectivity index (χ2v) is 6.04. The van der Waals surface area contributed by atoms with E-state index >= 15 is 0 Å². The molecule has 118 valence electrons. The van der Waals surface area contributed by atoms with Crippen molar-refractivity contribution < 1.29 is 8.91 Å². The van der Waals surface area contributed by atoms with Crippen molar-refractivity contribution in [1.82, 2.24) is 10.1 Å². The van der Waals surface area contributed by atoms with E-state index in [0.717, 1.165) is 11.1 Å². The van der Waals surface area contributed by atoms with Crippen LogP contribution in [0.4, 0.5) is 4.39 Å². The predicted octanol–water partition coefficient (Wildman–Crippen LogP) is 5.01. The van der Waals surface area contributed by atoms with Crippen molar-refractivity contribution in [1.29, 1.82) is 5.26 Å². The first kappa shape index (κ1) is 16.1. The maximum atomic E-state index is 13.8. The number of rotatable bonds is 3. The predicted molar refractivity (Wildman–Crippen MR) is 92.1 cm³/mol. The van der Waals surface area contributed by atoms with Gasteiger partial charge in [-0.2, -0.15) is 10.2 Å². The Morgan fingerprint density at radius 2 is 2.00 bits per heavy atom. The Balaban J connectivity index is 1.98. The summed E-state index contributed by atoms with van der Waals surface area (Å²) in [5.74, 6) is -0.0162. The number of hydrogen-bond acceptors (Lipinski definition) is 4. The van der Waals surface area contributed by atoms with Crippen molar-refractivity contribution >= 4 is 27.6 Å². The third kappa shape index (κ3) is 3.42. The molecule has 0 aliphatic heterocycles. The lowest BCUT2D eigenvalue weighted by Crippen LogP contribution is -1.87. The highest BCUT2D eigenvalue weighted by Gasteiger charge is 2.14. The molecule has 0 fully saturated rings. The van der Waals surface area contributed by atoms with Crippen LogP contribution in [0.3, 0.4) is 0 Å². The van der Waals surface area contributed by atoms with E-state index in [-0.39, 0.29) is 17.0 Å². The fourth-order valence-corrected chi connectivity index (χ4v) is 2.45. The molecule has 0 N–H and O–H groups in total. The van der Waals surface area contributed by atoms with E-state index in [4.69, 9.17) is 4.52 Å². The lowest BCUT2D eigenvalue weighted by atomic mass is 10.1. The van der Waals surface area contributed by atoms with Crippen LogP contribution < -0.4 is 0 Å². The molecule has 0 unspecified atom stereocenters. The van der Waals surface area contributed by atoms with Gasteiger partial charge >= 0.3 is 0 Å². The number of aryl methyl sites for hydroxylation is 1. The summed E-state index contributed by atoms with van der Waals surface area (Å²) in [7, 11) is 0. The van der Waals surface area contributed by atoms with Crippen LogP contribution in [0.25, 0.3) is 23.0 Å². The monoisotopic (exact) mass is 383 g/mol. The van der Waals surface area contributed by atoms with Crippen LogP contribution in [0.5, 0.6) is 0 Å². The Hall–Kier alpha value is -2.78. The van der Waals surface area contributed by atoms with Crippen molar-refractivity contribution in [3.05, 3.63) is 69.8 Å². The van der Waals surface area contributed by atoms with Crippen molar-refractivity contribution in [2.45, 2.75) is 6.92 Å². The minimum Gasteiger partial charge on any atom is -0.333 e. The number of aromatic nitrogens is 2. The van der Waals surface area contributed by atoms with E-state index in [1.54, 1.807) is 12.1 Å². The first-order valence-corrected chi connectivity index (χ1v) is 7.84. The number of halogens is 2. The number of nitrogens with zero attached hydrogens (tertiary/aromatic N) is 3. The zero-order chi connectivity index (χ0) is 17.1. The van der Waals surface area contributed by atoms with E-state index in [1.807, 2.05) is 37.3 Å². The molecule has 1 aromatic heterocycles. The average molecular weight is 384 g/mol. The van der Waals surface area contributed by atoms with Gasteiger partial charge in [0.05, 0.1) is 0 Å². The molecular weight excluding hydrogens is 373 g/mol. The molecule has 0 saturated carbocycles. The third-order valence-corrected chi connectivity index (χ3v) is 3.84. The lowest BCUT2D eigenvalue weighted by Gasteiger charge is -1.98. The molecule has 6 heteroatoms. The van der Waals surface area contributed by atoms with Gasteiger partial charge in [-0.1, -0.05) is 50.9 Å². The molecule has 1 heterocycles. The van der Waals surface area contributed by atoms with Crippen LogP contribution in [0.15, 0.2) is 51.5 Å². The van der Waals surface area contributed by atoms with Crippen LogP contribution in [0, 0.1) is 24.1 Å². The minimum absolute atomic E-state index is 0.0486. The highest BCUT2D eigenvalue weighted by atomic mass is 79.9. The van der Waals surface area contributed by atoms with Crippen LogP contribution in [-0.2, 0) is 0 Å². The van der Waals surface area contributed by atoms with Gasteiger partial charge in [-0.25, -0.2) is 4.39 Å². The normalized spacial score (nSPS) is 11.3. The Kier molecular flexibility index (Phi) is 4.54. The van der Waals surface area contributed by atoms with Crippen LogP contribution >= 0.6 is 15.9 Å². The lowest BCUT2D eigenvalue weighted by molar-refractivity contribution is 0.409. The van der Waals surface area contributed by atoms with Gasteiger partial charge in [-0.05, 0) is 31.2 Å². The highest BCUT2D eigenvalue weighted by molar-refractivity contribution is 9.10. The van der Waals surface area contributed by atoms with Crippen LogP contribution in [-0.4, -0.2) is 10.1 Å². The maximum Gasteiger partial charge on any atom is 0.268 e. The van der Waals surface area contributed by atoms with Gasteiger partial charge in [0.1, 0.15) is 17.5 Å². The van der Waals surface area contributed by atoms with E-state index in [2.05, 4.69) is 26.1 Å². The van der Waals surface area contributed by atoms with Gasteiger partial charge in [0, 0.05) is 15.6 Å². The van der Waals surface area contributed by atoms with E-state index in [9.17, 15) is 9.65 Å². The largest absolute Gasteiger partial charge is 0.333 e. The van der Waals surface area contributed by atoms with Crippen LogP contribution in [0.2, 0.25) is 0 Å². The van der Waals surface area contributed by atoms with Crippen molar-refractivity contribution in [2.24, 2.45) is 0 Å². The molecule has 0 amide bonds. The molecule has 0 aliphatic rings. The van der Waals surface area contributed by atoms with Crippen LogP contribution in [0.1, 0.15) is 17.0 Å². The maximum absolute atomic E-state index is 13.8. The standard InChI is InChI=1S/C18H11BrFN3O/c1-11-2-4-12(5-3-11)17-22-18(24-23-17)14(10-21)8-13-9-15(19)6-7-16(13)20/h2-9H,1H3/b14-8+. The first-order valence-electron chi connectivity index (χ1n) is 7.05. The molecule has 0 atom stereocenters. The zero-order valence-corrected chi connectivity index (χ0v) is 14.2. The summed E-state index contributed by atoms with van der Waals surface area (Å²) in [6.45, 7) is 1.98. The molecule has 0 spiro atoms. The van der Waals surface area contributed by atoms with Gasteiger partial charge in [0.25, 0.3) is 5.89 Å². The average Bonchev–Trinajstić information content (AvgIpc) is 3.06.